The maximum atomic E-state index is 12.5. The molecule has 338 valence electrons. The minimum absolute atomic E-state index is 0.0441. The van der Waals surface area contributed by atoms with Gasteiger partial charge in [0.05, 0.1) is 84.1 Å². The van der Waals surface area contributed by atoms with Crippen LogP contribution in [0.4, 0.5) is 11.4 Å². The molecule has 2 aromatic rings. The quantitative estimate of drug-likeness (QED) is 0.0311. The van der Waals surface area contributed by atoms with Gasteiger partial charge in [-0.05, 0) is 30.5 Å². The number of hydrogen-bond donors (Lipinski definition) is 9. The van der Waals surface area contributed by atoms with E-state index in [9.17, 15) is 44.4 Å². The zero-order chi connectivity index (χ0) is 43.9. The van der Waals surface area contributed by atoms with Crippen LogP contribution in [-0.2, 0) is 49.2 Å². The Kier molecular flexibility index (Phi) is 22.9. The van der Waals surface area contributed by atoms with E-state index in [1.165, 1.54) is 0 Å². The summed E-state index contributed by atoms with van der Waals surface area (Å²) in [7, 11) is 0. The predicted molar refractivity (Wildman–Crippen MR) is 219 cm³/mol. The number of aliphatic hydroxyl groups excluding tert-OH is 3. The van der Waals surface area contributed by atoms with Gasteiger partial charge in [0, 0.05) is 44.5 Å². The van der Waals surface area contributed by atoms with E-state index in [0.29, 0.717) is 102 Å². The lowest BCUT2D eigenvalue weighted by atomic mass is 9.88. The Morgan fingerprint density at radius 1 is 0.850 bits per heavy atom. The average molecular weight is 874 g/mol. The molecule has 0 saturated carbocycles. The molecule has 6 atom stereocenters. The molecule has 0 bridgehead atoms. The van der Waals surface area contributed by atoms with Crippen molar-refractivity contribution in [3.8, 4) is 0 Å². The minimum atomic E-state index is -2.43. The Morgan fingerprint density at radius 2 is 1.42 bits per heavy atom. The number of ether oxygens (including phenoxy) is 6. The van der Waals surface area contributed by atoms with Gasteiger partial charge in [0.15, 0.2) is 0 Å². The topological polar surface area (TPSA) is 296 Å². The molecule has 20 nitrogen and oxygen atoms in total. The molecule has 0 unspecified atom stereocenters. The number of aliphatic hydroxyl groups is 3. The van der Waals surface area contributed by atoms with Crippen molar-refractivity contribution in [1.29, 1.82) is 0 Å². The molecule has 2 aromatic carbocycles. The Morgan fingerprint density at radius 3 is 2.00 bits per heavy atom. The molecule has 1 aliphatic rings. The van der Waals surface area contributed by atoms with Gasteiger partial charge in [0.25, 0.3) is 16.6 Å². The second-order valence-electron chi connectivity index (χ2n) is 14.1. The number of halogens is 1. The van der Waals surface area contributed by atoms with Crippen LogP contribution in [0.15, 0.2) is 33.9 Å². The molecule has 1 saturated heterocycles. The third-order valence-electron chi connectivity index (χ3n) is 9.33. The fourth-order valence-corrected chi connectivity index (χ4v) is 6.34. The fraction of sp³-hybridized carbons (Fsp3) is 0.667. The van der Waals surface area contributed by atoms with Crippen molar-refractivity contribution in [3.05, 3.63) is 55.3 Å². The number of unbranched alkanes of at least 4 members (excludes halogenated alkanes) is 3. The highest BCUT2D eigenvalue weighted by Gasteiger charge is 2.55. The van der Waals surface area contributed by atoms with Crippen LogP contribution in [0.2, 0.25) is 5.02 Å². The van der Waals surface area contributed by atoms with E-state index in [4.69, 9.17) is 45.8 Å². The van der Waals surface area contributed by atoms with Gasteiger partial charge in [-0.25, -0.2) is 4.79 Å². The van der Waals surface area contributed by atoms with Crippen molar-refractivity contribution in [2.75, 3.05) is 96.3 Å². The van der Waals surface area contributed by atoms with Gasteiger partial charge >= 0.3 is 5.97 Å². The van der Waals surface area contributed by atoms with Crippen molar-refractivity contribution in [1.82, 2.24) is 10.6 Å². The van der Waals surface area contributed by atoms with E-state index in [1.54, 1.807) is 24.3 Å². The predicted octanol–water partition coefficient (Wildman–Crippen LogP) is -1.12. The van der Waals surface area contributed by atoms with E-state index < -0.39 is 77.9 Å². The van der Waals surface area contributed by atoms with E-state index >= 15 is 0 Å². The van der Waals surface area contributed by atoms with Gasteiger partial charge in [-0.15, -0.1) is 0 Å². The SMILES string of the molecule is CC(=O)N[C@H]1[C@H]([C@H](O)[C@H](O)CNC(=O)Cc2ccc(Cl)cc2)O[C@@](OCCCCCCNc2c(NCCOCCOCCOCCOCCN)c(=O)c2=O)(C(=O)O)C[C@@H]1O. The lowest BCUT2D eigenvalue weighted by Crippen LogP contribution is -2.68. The number of rotatable bonds is 32. The monoisotopic (exact) mass is 873 g/mol. The number of nitrogens with two attached hydrogens (primary N) is 1. The number of benzene rings is 1. The van der Waals surface area contributed by atoms with Crippen molar-refractivity contribution >= 4 is 40.8 Å². The number of aliphatic carboxylic acids is 1. The molecule has 1 heterocycles. The van der Waals surface area contributed by atoms with E-state index in [2.05, 4.69) is 21.3 Å². The molecule has 0 radical (unpaired) electrons. The number of carboxylic acids is 1. The minimum Gasteiger partial charge on any atom is -0.477 e. The first-order valence-corrected chi connectivity index (χ1v) is 20.4. The summed E-state index contributed by atoms with van der Waals surface area (Å²) in [4.78, 5) is 61.2. The molecule has 0 aliphatic carbocycles. The number of anilines is 2. The number of carboxylic acid groups (broad SMARTS) is 1. The summed E-state index contributed by atoms with van der Waals surface area (Å²) in [5.41, 5.74) is 5.17. The molecule has 60 heavy (non-hydrogen) atoms. The molecule has 1 aliphatic heterocycles. The van der Waals surface area contributed by atoms with Crippen molar-refractivity contribution in [2.45, 2.75) is 81.7 Å². The molecule has 0 aromatic heterocycles. The van der Waals surface area contributed by atoms with Crippen LogP contribution >= 0.6 is 11.6 Å². The first kappa shape index (κ1) is 50.6. The zero-order valence-electron chi connectivity index (χ0n) is 33.9. The molecular formula is C39H60ClN5O15. The Hall–Kier alpha value is -3.80. The average Bonchev–Trinajstić information content (AvgIpc) is 3.22. The van der Waals surface area contributed by atoms with Crippen LogP contribution in [0.5, 0.6) is 0 Å². The molecule has 10 N–H and O–H groups in total. The van der Waals surface area contributed by atoms with Gasteiger partial charge in [-0.1, -0.05) is 36.6 Å². The van der Waals surface area contributed by atoms with Crippen LogP contribution in [0.25, 0.3) is 0 Å². The van der Waals surface area contributed by atoms with Gasteiger partial charge in [-0.2, -0.15) is 0 Å². The standard InChI is InChI=1S/C39H60ClN5O15/c1-25(46)45-31-28(47)23-39(38(53)54,60-37(31)34(50)29(48)24-44-30(49)22-26-6-8-27(40)9-7-26)59-13-5-3-2-4-11-42-32-33(36(52)35(32)51)43-12-15-56-17-19-58-21-20-57-18-16-55-14-10-41/h6-9,28-29,31,34,37,42-43,47-48,50H,2-5,10-24,41H2,1H3,(H,44,49)(H,45,46)(H,53,54)/t28-,29+,31+,34+,37+,39+/m0/s1. The van der Waals surface area contributed by atoms with E-state index in [-0.39, 0.29) is 31.0 Å². The summed E-state index contributed by atoms with van der Waals surface area (Å²) < 4.78 is 33.0. The van der Waals surface area contributed by atoms with E-state index in [1.807, 2.05) is 0 Å². The van der Waals surface area contributed by atoms with Crippen LogP contribution in [0.3, 0.4) is 0 Å². The summed E-state index contributed by atoms with van der Waals surface area (Å²) in [6.07, 6.45) is -5.23. The van der Waals surface area contributed by atoms with Crippen LogP contribution in [0, 0.1) is 0 Å². The molecule has 21 heteroatoms. The molecule has 2 amide bonds. The van der Waals surface area contributed by atoms with Gasteiger partial charge in [0.1, 0.15) is 23.6 Å². The Balaban J connectivity index is 1.37. The van der Waals surface area contributed by atoms with Crippen LogP contribution in [0.1, 0.15) is 44.6 Å². The smallest absolute Gasteiger partial charge is 0.364 e. The van der Waals surface area contributed by atoms with Gasteiger partial charge < -0.3 is 75.8 Å². The molecule has 3 rings (SSSR count). The highest BCUT2D eigenvalue weighted by molar-refractivity contribution is 6.30. The number of carbonyl (C=O) groups is 3. The fourth-order valence-electron chi connectivity index (χ4n) is 6.21. The number of amides is 2. The number of nitrogens with one attached hydrogen (secondary N) is 4. The maximum absolute atomic E-state index is 12.5. The highest BCUT2D eigenvalue weighted by atomic mass is 35.5. The summed E-state index contributed by atoms with van der Waals surface area (Å²) in [5, 5.41) is 54.4. The van der Waals surface area contributed by atoms with Gasteiger partial charge in [0.2, 0.25) is 11.8 Å². The number of hydrogen-bond acceptors (Lipinski definition) is 17. The summed E-state index contributed by atoms with van der Waals surface area (Å²) in [5.74, 6) is -5.11. The molecule has 1 fully saturated rings. The summed E-state index contributed by atoms with van der Waals surface area (Å²) >= 11 is 5.88. The molecule has 0 spiro atoms. The second kappa shape index (κ2) is 27.2. The van der Waals surface area contributed by atoms with Crippen molar-refractivity contribution in [3.63, 3.8) is 0 Å². The van der Waals surface area contributed by atoms with E-state index in [0.717, 1.165) is 6.92 Å². The molecular weight excluding hydrogens is 814 g/mol. The summed E-state index contributed by atoms with van der Waals surface area (Å²) in [6, 6.07) is 5.23. The third-order valence-corrected chi connectivity index (χ3v) is 9.58. The first-order valence-electron chi connectivity index (χ1n) is 20.0. The lowest BCUT2D eigenvalue weighted by Gasteiger charge is -2.46. The third kappa shape index (κ3) is 16.9. The zero-order valence-corrected chi connectivity index (χ0v) is 34.6. The highest BCUT2D eigenvalue weighted by Crippen LogP contribution is 2.34. The van der Waals surface area contributed by atoms with Gasteiger partial charge in [-0.3, -0.25) is 19.2 Å². The van der Waals surface area contributed by atoms with Crippen LogP contribution < -0.4 is 37.9 Å². The summed E-state index contributed by atoms with van der Waals surface area (Å²) in [6.45, 7) is 5.03. The van der Waals surface area contributed by atoms with Crippen molar-refractivity contribution in [2.24, 2.45) is 5.73 Å². The normalized spacial score (nSPS) is 20.1. The number of carbonyl (C=O) groups excluding carboxylic acids is 2. The Bertz CT molecular complexity index is 1660. The largest absolute Gasteiger partial charge is 0.477 e. The lowest BCUT2D eigenvalue weighted by molar-refractivity contribution is -0.310. The Labute approximate surface area is 353 Å². The maximum Gasteiger partial charge on any atom is 0.364 e. The second-order valence-corrected chi connectivity index (χ2v) is 14.5. The first-order chi connectivity index (χ1) is 28.8. The van der Waals surface area contributed by atoms with Crippen molar-refractivity contribution < 1.29 is 63.2 Å². The van der Waals surface area contributed by atoms with Crippen LogP contribution in [-0.4, -0.2) is 160 Å².